The summed E-state index contributed by atoms with van der Waals surface area (Å²) in [6.45, 7) is 11.9. The maximum absolute atomic E-state index is 13.2. The van der Waals surface area contributed by atoms with Crippen molar-refractivity contribution in [2.24, 2.45) is 0 Å². The number of para-hydroxylation sites is 1. The molecule has 0 saturated heterocycles. The van der Waals surface area contributed by atoms with Crippen LogP contribution in [0.25, 0.3) is 44.2 Å². The van der Waals surface area contributed by atoms with E-state index in [1.54, 1.807) is 0 Å². The predicted molar refractivity (Wildman–Crippen MR) is 211 cm³/mol. The van der Waals surface area contributed by atoms with E-state index < -0.39 is 0 Å². The monoisotopic (exact) mass is 675 g/mol. The van der Waals surface area contributed by atoms with Gasteiger partial charge in [-0.3, -0.25) is 0 Å². The lowest BCUT2D eigenvalue weighted by Gasteiger charge is -2.26. The minimum Gasteiger partial charge on any atom is -0.422 e. The van der Waals surface area contributed by atoms with Crippen molar-refractivity contribution in [2.75, 3.05) is 40.9 Å². The Bertz CT molecular complexity index is 2260. The van der Waals surface area contributed by atoms with Crippen molar-refractivity contribution in [3.63, 3.8) is 0 Å². The summed E-state index contributed by atoms with van der Waals surface area (Å²) in [7, 11) is 0. The van der Waals surface area contributed by atoms with Gasteiger partial charge in [0.25, 0.3) is 0 Å². The van der Waals surface area contributed by atoms with Gasteiger partial charge in [0.15, 0.2) is 0 Å². The topological polar surface area (TPSA) is 70.1 Å². The molecule has 7 nitrogen and oxygen atoms in total. The van der Waals surface area contributed by atoms with Gasteiger partial charge in [0, 0.05) is 77.5 Å². The largest absolute Gasteiger partial charge is 0.422 e. The van der Waals surface area contributed by atoms with Crippen molar-refractivity contribution >= 4 is 50.4 Å². The van der Waals surface area contributed by atoms with Crippen molar-refractivity contribution in [1.29, 1.82) is 0 Å². The maximum Gasteiger partial charge on any atom is 0.344 e. The molecule has 5 aromatic carbocycles. The molecule has 7 rings (SSSR count). The Balaban J connectivity index is 1.20. The van der Waals surface area contributed by atoms with E-state index in [2.05, 4.69) is 66.7 Å². The zero-order valence-electron chi connectivity index (χ0n) is 29.4. The second kappa shape index (κ2) is 14.4. The number of hydrogen-bond donors (Lipinski definition) is 0. The van der Waals surface area contributed by atoms with Crippen LogP contribution in [0.5, 0.6) is 0 Å². The zero-order valence-corrected chi connectivity index (χ0v) is 29.4. The second-order valence-corrected chi connectivity index (χ2v) is 12.4. The highest BCUT2D eigenvalue weighted by Gasteiger charge is 2.16. The summed E-state index contributed by atoms with van der Waals surface area (Å²) in [5.74, 6) is 0. The Morgan fingerprint density at radius 2 is 0.804 bits per heavy atom. The van der Waals surface area contributed by atoms with Crippen LogP contribution in [-0.4, -0.2) is 26.2 Å². The van der Waals surface area contributed by atoms with Gasteiger partial charge in [-0.05, 0) is 112 Å². The van der Waals surface area contributed by atoms with Gasteiger partial charge in [-0.2, -0.15) is 0 Å². The summed E-state index contributed by atoms with van der Waals surface area (Å²) in [6.07, 6.45) is 0. The van der Waals surface area contributed by atoms with Gasteiger partial charge >= 0.3 is 11.3 Å². The highest BCUT2D eigenvalue weighted by molar-refractivity contribution is 5.87. The molecule has 0 aliphatic carbocycles. The number of hydrogen-bond acceptors (Lipinski definition) is 7. The van der Waals surface area contributed by atoms with Gasteiger partial charge in [-0.1, -0.05) is 42.5 Å². The van der Waals surface area contributed by atoms with Crippen LogP contribution < -0.4 is 26.0 Å². The molecule has 0 radical (unpaired) electrons. The Hall–Kier alpha value is -6.08. The maximum atomic E-state index is 13.2. The molecule has 7 heteroatoms. The average Bonchev–Trinajstić information content (AvgIpc) is 3.16. The van der Waals surface area contributed by atoms with Crippen molar-refractivity contribution in [1.82, 2.24) is 0 Å². The quantitative estimate of drug-likeness (QED) is 0.126. The van der Waals surface area contributed by atoms with Crippen LogP contribution in [0.3, 0.4) is 0 Å². The molecule has 0 saturated carbocycles. The fraction of sp³-hybridized carbons (Fsp3) is 0.182. The van der Waals surface area contributed by atoms with Crippen molar-refractivity contribution in [3.8, 4) is 22.3 Å². The van der Waals surface area contributed by atoms with Gasteiger partial charge < -0.3 is 23.5 Å². The van der Waals surface area contributed by atoms with E-state index in [-0.39, 0.29) is 11.3 Å². The summed E-state index contributed by atoms with van der Waals surface area (Å²) >= 11 is 0. The van der Waals surface area contributed by atoms with E-state index in [0.717, 1.165) is 76.5 Å². The van der Waals surface area contributed by atoms with Crippen LogP contribution >= 0.6 is 0 Å². The molecule has 0 amide bonds. The summed E-state index contributed by atoms with van der Waals surface area (Å²) in [5, 5.41) is 1.75. The number of anilines is 5. The minimum absolute atomic E-state index is 0.370. The number of fused-ring (bicyclic) bond motifs is 2. The highest BCUT2D eigenvalue weighted by atomic mass is 16.4. The summed E-state index contributed by atoms with van der Waals surface area (Å²) in [5.41, 5.74) is 7.87. The van der Waals surface area contributed by atoms with E-state index in [0.29, 0.717) is 22.3 Å². The van der Waals surface area contributed by atoms with Crippen molar-refractivity contribution in [2.45, 2.75) is 27.7 Å². The van der Waals surface area contributed by atoms with Crippen molar-refractivity contribution in [3.05, 3.63) is 148 Å². The molecule has 0 aliphatic rings. The first kappa shape index (κ1) is 33.4. The van der Waals surface area contributed by atoms with Gasteiger partial charge in [0.2, 0.25) is 0 Å². The molecule has 2 aromatic heterocycles. The average molecular weight is 676 g/mol. The lowest BCUT2D eigenvalue weighted by Crippen LogP contribution is -2.21. The Labute approximate surface area is 297 Å². The molecule has 0 fully saturated rings. The van der Waals surface area contributed by atoms with Crippen LogP contribution in [0.2, 0.25) is 0 Å². The van der Waals surface area contributed by atoms with Crippen LogP contribution in [0.15, 0.2) is 146 Å². The molecular formula is C44H41N3O4. The lowest BCUT2D eigenvalue weighted by atomic mass is 10.0. The SMILES string of the molecule is CCN(CC)c1ccc2cc(-c3ccc(N(c4ccccc4)c4ccc(-c5cc6ccc(N(CC)CC)cc6oc5=O)cc4)cc3)c(=O)oc2c1. The first-order valence-electron chi connectivity index (χ1n) is 17.6. The van der Waals surface area contributed by atoms with E-state index in [4.69, 9.17) is 8.83 Å². The van der Waals surface area contributed by atoms with Gasteiger partial charge in [-0.25, -0.2) is 9.59 Å². The Morgan fingerprint density at radius 1 is 0.431 bits per heavy atom. The fourth-order valence-electron chi connectivity index (χ4n) is 6.78. The molecule has 0 bridgehead atoms. The highest BCUT2D eigenvalue weighted by Crippen LogP contribution is 2.37. The van der Waals surface area contributed by atoms with E-state index in [1.807, 2.05) is 103 Å². The Kier molecular flexibility index (Phi) is 9.45. The third kappa shape index (κ3) is 6.63. The smallest absolute Gasteiger partial charge is 0.344 e. The fourth-order valence-corrected chi connectivity index (χ4v) is 6.78. The molecule has 0 atom stereocenters. The molecule has 2 heterocycles. The van der Waals surface area contributed by atoms with Gasteiger partial charge in [0.05, 0.1) is 11.1 Å². The molecule has 0 spiro atoms. The first-order valence-corrected chi connectivity index (χ1v) is 17.6. The summed E-state index contributed by atoms with van der Waals surface area (Å²) in [6, 6.07) is 41.8. The standard InChI is InChI=1S/C44H41N3O4/c1-5-45(6-2)37-24-18-32-26-39(43(48)50-41(32)28-37)30-14-20-35(21-15-30)47(34-12-10-9-11-13-34)36-22-16-31(17-23-36)40-27-33-19-25-38(46(7-3)8-4)29-42(33)51-44(40)49/h9-29H,5-8H2,1-4H3. The summed E-state index contributed by atoms with van der Waals surface area (Å²) in [4.78, 5) is 33.0. The van der Waals surface area contributed by atoms with E-state index in [1.165, 1.54) is 0 Å². The Morgan fingerprint density at radius 3 is 1.20 bits per heavy atom. The minimum atomic E-state index is -0.370. The predicted octanol–water partition coefficient (Wildman–Crippen LogP) is 10.4. The molecule has 0 N–H and O–H groups in total. The molecule has 256 valence electrons. The van der Waals surface area contributed by atoms with Gasteiger partial charge in [-0.15, -0.1) is 0 Å². The first-order chi connectivity index (χ1) is 24.9. The number of benzene rings is 5. The molecule has 0 unspecified atom stereocenters. The number of rotatable bonds is 11. The molecular weight excluding hydrogens is 635 g/mol. The van der Waals surface area contributed by atoms with Gasteiger partial charge in [0.1, 0.15) is 11.2 Å². The second-order valence-electron chi connectivity index (χ2n) is 12.4. The third-order valence-electron chi connectivity index (χ3n) is 9.58. The molecule has 0 aliphatic heterocycles. The summed E-state index contributed by atoms with van der Waals surface area (Å²) < 4.78 is 11.6. The van der Waals surface area contributed by atoms with Crippen LogP contribution in [0.1, 0.15) is 27.7 Å². The molecule has 7 aromatic rings. The van der Waals surface area contributed by atoms with Crippen molar-refractivity contribution < 1.29 is 8.83 Å². The normalized spacial score (nSPS) is 11.2. The van der Waals surface area contributed by atoms with E-state index >= 15 is 0 Å². The van der Waals surface area contributed by atoms with E-state index in [9.17, 15) is 9.59 Å². The third-order valence-corrected chi connectivity index (χ3v) is 9.58. The molecule has 51 heavy (non-hydrogen) atoms. The zero-order chi connectivity index (χ0) is 35.5. The van der Waals surface area contributed by atoms with Crippen LogP contribution in [-0.2, 0) is 0 Å². The van der Waals surface area contributed by atoms with Crippen LogP contribution in [0.4, 0.5) is 28.4 Å². The van der Waals surface area contributed by atoms with Crippen LogP contribution in [0, 0.1) is 0 Å². The number of nitrogens with zero attached hydrogens (tertiary/aromatic N) is 3. The lowest BCUT2D eigenvalue weighted by molar-refractivity contribution is 0.563.